The van der Waals surface area contributed by atoms with Gasteiger partial charge in [0.25, 0.3) is 0 Å². The predicted molar refractivity (Wildman–Crippen MR) is 71.4 cm³/mol. The van der Waals surface area contributed by atoms with E-state index in [0.29, 0.717) is 11.3 Å². The first-order valence-corrected chi connectivity index (χ1v) is 7.17. The van der Waals surface area contributed by atoms with Crippen molar-refractivity contribution in [2.24, 2.45) is 11.3 Å². The van der Waals surface area contributed by atoms with Gasteiger partial charge >= 0.3 is 0 Å². The zero-order valence-electron chi connectivity index (χ0n) is 10.2. The molecule has 2 nitrogen and oxygen atoms in total. The van der Waals surface area contributed by atoms with Crippen molar-refractivity contribution in [2.75, 3.05) is 18.0 Å². The number of thiazole rings is 1. The molecule has 1 atom stereocenters. The zero-order valence-corrected chi connectivity index (χ0v) is 11.7. The lowest BCUT2D eigenvalue weighted by molar-refractivity contribution is 0.263. The van der Waals surface area contributed by atoms with Crippen LogP contribution in [0.25, 0.3) is 0 Å². The Morgan fingerprint density at radius 3 is 2.81 bits per heavy atom. The van der Waals surface area contributed by atoms with Crippen molar-refractivity contribution >= 4 is 28.1 Å². The highest BCUT2D eigenvalue weighted by Gasteiger charge is 2.32. The second kappa shape index (κ2) is 4.53. The fraction of sp³-hybridized carbons (Fsp3) is 0.750. The van der Waals surface area contributed by atoms with Gasteiger partial charge in [-0.15, -0.1) is 22.9 Å². The molecule has 1 aliphatic rings. The van der Waals surface area contributed by atoms with Crippen molar-refractivity contribution in [3.05, 3.63) is 11.1 Å². The summed E-state index contributed by atoms with van der Waals surface area (Å²) in [4.78, 5) is 6.94. The lowest BCUT2D eigenvalue weighted by Gasteiger charge is -2.26. The lowest BCUT2D eigenvalue weighted by Crippen LogP contribution is -2.25. The van der Waals surface area contributed by atoms with E-state index in [9.17, 15) is 0 Å². The van der Waals surface area contributed by atoms with Gasteiger partial charge in [0.1, 0.15) is 0 Å². The summed E-state index contributed by atoms with van der Waals surface area (Å²) >= 11 is 7.49. The largest absolute Gasteiger partial charge is 0.348 e. The molecule has 1 fully saturated rings. The summed E-state index contributed by atoms with van der Waals surface area (Å²) < 4.78 is 0. The van der Waals surface area contributed by atoms with Crippen LogP contribution in [0.4, 0.5) is 5.13 Å². The van der Waals surface area contributed by atoms with E-state index in [2.05, 4.69) is 36.0 Å². The summed E-state index contributed by atoms with van der Waals surface area (Å²) in [7, 11) is 0. The Balaban J connectivity index is 2.03. The van der Waals surface area contributed by atoms with Crippen LogP contribution in [-0.2, 0) is 5.88 Å². The Hall–Kier alpha value is -0.280. The van der Waals surface area contributed by atoms with Crippen molar-refractivity contribution in [1.82, 2.24) is 4.98 Å². The average Bonchev–Trinajstić information content (AvgIpc) is 2.85. The van der Waals surface area contributed by atoms with Gasteiger partial charge in [-0.3, -0.25) is 0 Å². The van der Waals surface area contributed by atoms with E-state index in [4.69, 9.17) is 11.6 Å². The number of anilines is 1. The summed E-state index contributed by atoms with van der Waals surface area (Å²) in [5, 5.41) is 3.20. The minimum absolute atomic E-state index is 0.404. The highest BCUT2D eigenvalue weighted by atomic mass is 35.5. The first kappa shape index (κ1) is 12.2. The maximum atomic E-state index is 5.77. The van der Waals surface area contributed by atoms with Crippen LogP contribution in [0, 0.1) is 11.3 Å². The molecule has 0 aromatic carbocycles. The molecule has 0 N–H and O–H groups in total. The molecule has 0 bridgehead atoms. The second-order valence-electron chi connectivity index (χ2n) is 5.55. The van der Waals surface area contributed by atoms with Crippen molar-refractivity contribution in [2.45, 2.75) is 33.1 Å². The van der Waals surface area contributed by atoms with E-state index in [1.807, 2.05) is 0 Å². The van der Waals surface area contributed by atoms with Crippen molar-refractivity contribution in [3.63, 3.8) is 0 Å². The molecule has 1 saturated heterocycles. The normalized spacial score (nSPS) is 21.8. The third kappa shape index (κ3) is 2.51. The van der Waals surface area contributed by atoms with Crippen LogP contribution in [0.15, 0.2) is 5.38 Å². The fourth-order valence-electron chi connectivity index (χ4n) is 2.14. The van der Waals surface area contributed by atoms with Crippen LogP contribution in [-0.4, -0.2) is 18.1 Å². The topological polar surface area (TPSA) is 16.1 Å². The maximum Gasteiger partial charge on any atom is 0.185 e. The molecule has 0 saturated carbocycles. The molecule has 0 radical (unpaired) electrons. The van der Waals surface area contributed by atoms with Crippen LogP contribution in [0.5, 0.6) is 0 Å². The zero-order chi connectivity index (χ0) is 11.8. The SMILES string of the molecule is CC(C)(C)C1CCN(c2nc(CCl)cs2)C1. The van der Waals surface area contributed by atoms with Crippen molar-refractivity contribution in [3.8, 4) is 0 Å². The van der Waals surface area contributed by atoms with E-state index in [1.54, 1.807) is 11.3 Å². The van der Waals surface area contributed by atoms with Gasteiger partial charge in [-0.1, -0.05) is 20.8 Å². The number of aromatic nitrogens is 1. The summed E-state index contributed by atoms with van der Waals surface area (Å²) in [6.07, 6.45) is 1.28. The molecule has 90 valence electrons. The molecular formula is C12H19ClN2S. The number of nitrogens with zero attached hydrogens (tertiary/aromatic N) is 2. The third-order valence-electron chi connectivity index (χ3n) is 3.36. The van der Waals surface area contributed by atoms with Gasteiger partial charge in [-0.05, 0) is 17.8 Å². The molecule has 1 unspecified atom stereocenters. The highest BCUT2D eigenvalue weighted by Crippen LogP contribution is 2.36. The molecule has 2 heterocycles. The van der Waals surface area contributed by atoms with Crippen LogP contribution in [0.3, 0.4) is 0 Å². The number of hydrogen-bond acceptors (Lipinski definition) is 3. The second-order valence-corrected chi connectivity index (χ2v) is 6.66. The van der Waals surface area contributed by atoms with Gasteiger partial charge in [-0.25, -0.2) is 4.98 Å². The first-order valence-electron chi connectivity index (χ1n) is 5.76. The van der Waals surface area contributed by atoms with E-state index in [-0.39, 0.29) is 0 Å². The van der Waals surface area contributed by atoms with Gasteiger partial charge in [0, 0.05) is 18.5 Å². The average molecular weight is 259 g/mol. The van der Waals surface area contributed by atoms with Gasteiger partial charge in [0.2, 0.25) is 0 Å². The number of rotatable bonds is 2. The Labute approximate surface area is 107 Å². The van der Waals surface area contributed by atoms with Gasteiger partial charge in [0.05, 0.1) is 11.6 Å². The minimum Gasteiger partial charge on any atom is -0.348 e. The monoisotopic (exact) mass is 258 g/mol. The Morgan fingerprint density at radius 2 is 2.31 bits per heavy atom. The summed E-state index contributed by atoms with van der Waals surface area (Å²) in [6, 6.07) is 0. The molecule has 0 spiro atoms. The summed E-state index contributed by atoms with van der Waals surface area (Å²) in [6.45, 7) is 9.25. The number of hydrogen-bond donors (Lipinski definition) is 0. The molecule has 0 amide bonds. The molecule has 4 heteroatoms. The van der Waals surface area contributed by atoms with Crippen LogP contribution >= 0.6 is 22.9 Å². The minimum atomic E-state index is 0.404. The standard InChI is InChI=1S/C12H19ClN2S/c1-12(2,3)9-4-5-15(7-9)11-14-10(6-13)8-16-11/h8-9H,4-7H2,1-3H3. The quantitative estimate of drug-likeness (QED) is 0.751. The lowest BCUT2D eigenvalue weighted by atomic mass is 9.80. The summed E-state index contributed by atoms with van der Waals surface area (Å²) in [5.74, 6) is 1.29. The molecule has 16 heavy (non-hydrogen) atoms. The van der Waals surface area contributed by atoms with Gasteiger partial charge in [-0.2, -0.15) is 0 Å². The highest BCUT2D eigenvalue weighted by molar-refractivity contribution is 7.13. The van der Waals surface area contributed by atoms with Gasteiger partial charge < -0.3 is 4.90 Å². The smallest absolute Gasteiger partial charge is 0.185 e. The number of halogens is 1. The molecule has 1 aromatic heterocycles. The summed E-state index contributed by atoms with van der Waals surface area (Å²) in [5.41, 5.74) is 1.40. The van der Waals surface area contributed by atoms with Crippen LogP contribution in [0.1, 0.15) is 32.9 Å². The van der Waals surface area contributed by atoms with E-state index < -0.39 is 0 Å². The molecule has 0 aliphatic carbocycles. The molecule has 2 rings (SSSR count). The molecule has 1 aliphatic heterocycles. The Morgan fingerprint density at radius 1 is 1.56 bits per heavy atom. The van der Waals surface area contributed by atoms with Crippen LogP contribution in [0.2, 0.25) is 0 Å². The Bertz CT molecular complexity index is 356. The predicted octanol–water partition coefficient (Wildman–Crippen LogP) is 3.75. The maximum absolute atomic E-state index is 5.77. The molecular weight excluding hydrogens is 240 g/mol. The van der Waals surface area contributed by atoms with Crippen molar-refractivity contribution in [1.29, 1.82) is 0 Å². The third-order valence-corrected chi connectivity index (χ3v) is 4.58. The number of alkyl halides is 1. The van der Waals surface area contributed by atoms with Crippen LogP contribution < -0.4 is 4.90 Å². The van der Waals surface area contributed by atoms with Gasteiger partial charge in [0.15, 0.2) is 5.13 Å². The first-order chi connectivity index (χ1) is 7.50. The fourth-order valence-corrected chi connectivity index (χ4v) is 3.23. The van der Waals surface area contributed by atoms with E-state index >= 15 is 0 Å². The Kier molecular flexibility index (Phi) is 3.45. The van der Waals surface area contributed by atoms with Crippen molar-refractivity contribution < 1.29 is 0 Å². The van der Waals surface area contributed by atoms with E-state index in [0.717, 1.165) is 29.8 Å². The van der Waals surface area contributed by atoms with E-state index in [1.165, 1.54) is 6.42 Å². The molecule has 1 aromatic rings.